The summed E-state index contributed by atoms with van der Waals surface area (Å²) in [5.41, 5.74) is 19.5. The molecule has 5 heterocycles. The second kappa shape index (κ2) is 17.9. The minimum Gasteiger partial charge on any atom is -0.457 e. The molecule has 7 nitrogen and oxygen atoms in total. The maximum Gasteiger partial charge on any atom is 0.137 e. The normalized spacial score (nSPS) is 13.7. The summed E-state index contributed by atoms with van der Waals surface area (Å²) >= 11 is 0. The number of hydrogen-bond donors (Lipinski definition) is 0. The number of para-hydroxylation sites is 2. The second-order valence-electron chi connectivity index (χ2n) is 22.7. The van der Waals surface area contributed by atoms with Crippen LogP contribution in [0, 0.1) is 6.92 Å². The third kappa shape index (κ3) is 8.22. The average molecular weight is 979 g/mol. The molecule has 0 N–H and O–H groups in total. The Balaban J connectivity index is 0.934. The van der Waals surface area contributed by atoms with Gasteiger partial charge >= 0.3 is 0 Å². The Morgan fingerprint density at radius 2 is 1.17 bits per heavy atom. The van der Waals surface area contributed by atoms with Crippen molar-refractivity contribution in [1.82, 2.24) is 19.1 Å². The molecule has 13 rings (SSSR count). The van der Waals surface area contributed by atoms with E-state index in [1.165, 1.54) is 73.3 Å². The monoisotopic (exact) mass is 978 g/mol. The van der Waals surface area contributed by atoms with Crippen LogP contribution in [-0.4, -0.2) is 25.8 Å². The van der Waals surface area contributed by atoms with Crippen LogP contribution >= 0.6 is 0 Å². The number of hydrogen-bond acceptors (Lipinski definition) is 5. The Morgan fingerprint density at radius 1 is 0.507 bits per heavy atom. The minimum atomic E-state index is -0.176. The van der Waals surface area contributed by atoms with Crippen LogP contribution in [0.2, 0.25) is 0 Å². The van der Waals surface area contributed by atoms with Gasteiger partial charge in [0.2, 0.25) is 0 Å². The number of aromatic nitrogens is 4. The zero-order chi connectivity index (χ0) is 51.2. The van der Waals surface area contributed by atoms with Crippen molar-refractivity contribution in [2.45, 2.75) is 85.1 Å². The Labute approximate surface area is 440 Å². The van der Waals surface area contributed by atoms with E-state index in [2.05, 4.69) is 249 Å². The zero-order valence-electron chi connectivity index (χ0n) is 44.0. The fourth-order valence-corrected chi connectivity index (χ4v) is 11.6. The van der Waals surface area contributed by atoms with E-state index in [1.54, 1.807) is 0 Å². The number of rotatable bonds is 8. The quantitative estimate of drug-likeness (QED) is 0.152. The Morgan fingerprint density at radius 3 is 1.88 bits per heavy atom. The van der Waals surface area contributed by atoms with E-state index in [1.807, 2.05) is 6.20 Å². The van der Waals surface area contributed by atoms with E-state index < -0.39 is 0 Å². The molecule has 0 spiro atoms. The molecule has 0 unspecified atom stereocenters. The predicted molar refractivity (Wildman–Crippen MR) is 312 cm³/mol. The number of benzene rings is 8. The van der Waals surface area contributed by atoms with Gasteiger partial charge < -0.3 is 19.1 Å². The number of ether oxygens (including phenoxy) is 1. The molecule has 3 aromatic heterocycles. The van der Waals surface area contributed by atoms with Crippen LogP contribution in [0.1, 0.15) is 76.9 Å². The Bertz CT molecular complexity index is 3930. The van der Waals surface area contributed by atoms with E-state index in [4.69, 9.17) is 14.7 Å². The highest BCUT2D eigenvalue weighted by Crippen LogP contribution is 2.52. The summed E-state index contributed by atoms with van der Waals surface area (Å²) < 4.78 is 11.9. The number of pyridine rings is 1. The lowest BCUT2D eigenvalue weighted by atomic mass is 9.86. The Hall–Kier alpha value is -8.42. The van der Waals surface area contributed by atoms with Crippen LogP contribution in [-0.2, 0) is 23.8 Å². The molecule has 0 amide bonds. The SMILES string of the molecule is Cc1cc(-n2c3ccccc3c3ccc(Oc4cc(N5CN(c6c(-c7ccccc7)cccc6-c6ccccc6)c6cc7c(cc65)nc5n7CCCC5)cc(C(C)(C)C)c4)cc32)ncc1-c1ccc(C(C)(C)C)cc1. The number of anilines is 4. The van der Waals surface area contributed by atoms with Gasteiger partial charge in [0.05, 0.1) is 39.1 Å². The van der Waals surface area contributed by atoms with Gasteiger partial charge in [-0.2, -0.15) is 0 Å². The molecule has 0 radical (unpaired) electrons. The Kier molecular flexibility index (Phi) is 11.1. The summed E-state index contributed by atoms with van der Waals surface area (Å²) in [7, 11) is 0. The maximum atomic E-state index is 7.13. The molecular formula is C68H62N6O. The smallest absolute Gasteiger partial charge is 0.137 e. The summed E-state index contributed by atoms with van der Waals surface area (Å²) in [6, 6.07) is 66.3. The van der Waals surface area contributed by atoms with Crippen molar-refractivity contribution in [1.29, 1.82) is 0 Å². The minimum absolute atomic E-state index is 0.0897. The van der Waals surface area contributed by atoms with Crippen LogP contribution in [0.25, 0.3) is 72.0 Å². The van der Waals surface area contributed by atoms with Crippen LogP contribution < -0.4 is 14.5 Å². The topological polar surface area (TPSA) is 51.4 Å². The summed E-state index contributed by atoms with van der Waals surface area (Å²) in [5.74, 6) is 3.59. The molecule has 7 heteroatoms. The highest BCUT2D eigenvalue weighted by Gasteiger charge is 2.34. The van der Waals surface area contributed by atoms with Crippen LogP contribution in [0.5, 0.6) is 11.5 Å². The fourth-order valence-electron chi connectivity index (χ4n) is 11.6. The highest BCUT2D eigenvalue weighted by atomic mass is 16.5. The lowest BCUT2D eigenvalue weighted by Gasteiger charge is -2.28. The van der Waals surface area contributed by atoms with Gasteiger partial charge in [-0.25, -0.2) is 9.97 Å². The van der Waals surface area contributed by atoms with E-state index >= 15 is 0 Å². The van der Waals surface area contributed by atoms with E-state index in [0.29, 0.717) is 6.67 Å². The number of aryl methyl sites for hydroxylation is 3. The molecular weight excluding hydrogens is 917 g/mol. The first kappa shape index (κ1) is 46.4. The summed E-state index contributed by atoms with van der Waals surface area (Å²) in [6.45, 7) is 17.4. The van der Waals surface area contributed by atoms with Crippen LogP contribution in [0.15, 0.2) is 188 Å². The van der Waals surface area contributed by atoms with E-state index in [9.17, 15) is 0 Å². The van der Waals surface area contributed by atoms with Gasteiger partial charge in [-0.05, 0) is 113 Å². The van der Waals surface area contributed by atoms with Crippen molar-refractivity contribution in [3.63, 3.8) is 0 Å². The number of imidazole rings is 1. The number of nitrogens with zero attached hydrogens (tertiary/aromatic N) is 6. The van der Waals surface area contributed by atoms with Crippen molar-refractivity contribution >= 4 is 55.6 Å². The van der Waals surface area contributed by atoms with Gasteiger partial charge in [0, 0.05) is 64.4 Å². The van der Waals surface area contributed by atoms with Crippen molar-refractivity contribution in [2.24, 2.45) is 0 Å². The zero-order valence-corrected chi connectivity index (χ0v) is 44.0. The highest BCUT2D eigenvalue weighted by molar-refractivity contribution is 6.09. The van der Waals surface area contributed by atoms with Gasteiger partial charge in [0.15, 0.2) is 0 Å². The molecule has 0 fully saturated rings. The molecule has 2 aliphatic heterocycles. The average Bonchev–Trinajstić information content (AvgIpc) is 4.18. The van der Waals surface area contributed by atoms with E-state index in [0.717, 1.165) is 81.3 Å². The van der Waals surface area contributed by atoms with Gasteiger partial charge in [-0.3, -0.25) is 4.57 Å². The van der Waals surface area contributed by atoms with Crippen LogP contribution in [0.4, 0.5) is 22.7 Å². The summed E-state index contributed by atoms with van der Waals surface area (Å²) in [5, 5.41) is 2.32. The largest absolute Gasteiger partial charge is 0.457 e. The third-order valence-corrected chi connectivity index (χ3v) is 15.6. The summed E-state index contributed by atoms with van der Waals surface area (Å²) in [6.07, 6.45) is 5.36. The first-order valence-corrected chi connectivity index (χ1v) is 26.6. The van der Waals surface area contributed by atoms with Gasteiger partial charge in [-0.1, -0.05) is 163 Å². The lowest BCUT2D eigenvalue weighted by Crippen LogP contribution is -2.25. The van der Waals surface area contributed by atoms with Crippen molar-refractivity contribution in [2.75, 3.05) is 16.5 Å². The fraction of sp³-hybridized carbons (Fsp3) is 0.206. The molecule has 8 aromatic carbocycles. The van der Waals surface area contributed by atoms with Crippen molar-refractivity contribution in [3.8, 4) is 50.7 Å². The molecule has 2 aliphatic rings. The van der Waals surface area contributed by atoms with E-state index in [-0.39, 0.29) is 10.8 Å². The molecule has 370 valence electrons. The lowest BCUT2D eigenvalue weighted by molar-refractivity contribution is 0.479. The third-order valence-electron chi connectivity index (χ3n) is 15.6. The van der Waals surface area contributed by atoms with Gasteiger partial charge in [0.1, 0.15) is 29.8 Å². The predicted octanol–water partition coefficient (Wildman–Crippen LogP) is 17.8. The maximum absolute atomic E-state index is 7.13. The molecule has 0 aliphatic carbocycles. The van der Waals surface area contributed by atoms with Gasteiger partial charge in [0.25, 0.3) is 0 Å². The molecule has 11 aromatic rings. The number of fused-ring (bicyclic) bond motifs is 7. The molecule has 0 saturated carbocycles. The first-order valence-electron chi connectivity index (χ1n) is 26.6. The first-order chi connectivity index (χ1) is 36.3. The van der Waals surface area contributed by atoms with Crippen LogP contribution in [0.3, 0.4) is 0 Å². The molecule has 0 saturated heterocycles. The molecule has 75 heavy (non-hydrogen) atoms. The van der Waals surface area contributed by atoms with Crippen molar-refractivity contribution in [3.05, 3.63) is 211 Å². The molecule has 0 atom stereocenters. The second-order valence-corrected chi connectivity index (χ2v) is 22.7. The van der Waals surface area contributed by atoms with Gasteiger partial charge in [-0.15, -0.1) is 0 Å². The van der Waals surface area contributed by atoms with Crippen molar-refractivity contribution < 1.29 is 4.74 Å². The molecule has 0 bridgehead atoms. The standard InChI is InChI=1S/C68H62N6O/c1-44-35-65(69-42-57(44)47-28-30-48(31-29-47)67(2,3)4)74-59-26-15-14-23-55(59)56-33-32-51(39-60(56)74)75-52-37-49(68(5,6)7)36-50(38-52)72-43-73(63-41-61-58(40-62(63)72)70-64-27-16-17-34-71(61)64)66-53(45-19-10-8-11-20-45)24-18-25-54(66)46-21-12-9-13-22-46/h8-15,18-26,28-33,35-42H,16-17,27,34,43H2,1-7H3. The summed E-state index contributed by atoms with van der Waals surface area (Å²) in [4.78, 5) is 15.5.